The van der Waals surface area contributed by atoms with E-state index in [2.05, 4.69) is 29.8 Å². The topological polar surface area (TPSA) is 92.2 Å². The van der Waals surface area contributed by atoms with E-state index in [1.165, 1.54) is 0 Å². The third-order valence-corrected chi connectivity index (χ3v) is 7.88. The molecule has 4 heterocycles. The SMILES string of the molecule is CC[C@H]1c2cc3nc(N4CC[C@H](N)C4)cc(n3n2)N(C)CCCCCCOc2ccc(C)cc2C(=O)N1C. The first-order chi connectivity index (χ1) is 18.4. The molecular weight excluding hydrogens is 478 g/mol. The van der Waals surface area contributed by atoms with Crippen LogP contribution in [0.4, 0.5) is 11.6 Å². The number of aryl methyl sites for hydroxylation is 1. The summed E-state index contributed by atoms with van der Waals surface area (Å²) < 4.78 is 8.06. The molecular formula is C29H41N7O2. The zero-order valence-corrected chi connectivity index (χ0v) is 23.2. The molecule has 5 rings (SSSR count). The van der Waals surface area contributed by atoms with Gasteiger partial charge in [-0.25, -0.2) is 4.98 Å². The maximum absolute atomic E-state index is 13.8. The first-order valence-corrected chi connectivity index (χ1v) is 14.0. The first-order valence-electron chi connectivity index (χ1n) is 14.0. The van der Waals surface area contributed by atoms with E-state index in [4.69, 9.17) is 20.6 Å². The molecule has 0 aliphatic carbocycles. The number of rotatable bonds is 2. The van der Waals surface area contributed by atoms with Crippen molar-refractivity contribution in [1.82, 2.24) is 19.5 Å². The zero-order chi connectivity index (χ0) is 26.8. The number of hydrogen-bond donors (Lipinski definition) is 1. The predicted octanol–water partition coefficient (Wildman–Crippen LogP) is 4.19. The minimum Gasteiger partial charge on any atom is -0.493 e. The van der Waals surface area contributed by atoms with Gasteiger partial charge in [-0.3, -0.25) is 4.79 Å². The van der Waals surface area contributed by atoms with Gasteiger partial charge in [0.1, 0.15) is 17.4 Å². The standard InChI is InChI=1S/C29H41N7O2/c1-5-24-23-17-27-31-26(35-14-12-21(30)19-35)18-28(36(27)32-23)33(3)13-8-6-7-9-15-38-25-11-10-20(2)16-22(25)29(37)34(24)4/h10-11,16-18,21,24H,5-9,12-15,19,30H2,1-4H3/t21-,24-/m0/s1. The molecule has 2 N–H and O–H groups in total. The summed E-state index contributed by atoms with van der Waals surface area (Å²) in [5, 5.41) is 5.03. The molecule has 0 radical (unpaired) electrons. The monoisotopic (exact) mass is 519 g/mol. The number of fused-ring (bicyclic) bond motifs is 2. The molecule has 2 aliphatic heterocycles. The Kier molecular flexibility index (Phi) is 7.74. The second kappa shape index (κ2) is 11.2. The summed E-state index contributed by atoms with van der Waals surface area (Å²) >= 11 is 0. The van der Waals surface area contributed by atoms with Crippen molar-refractivity contribution in [3.8, 4) is 5.75 Å². The molecule has 0 unspecified atom stereocenters. The highest BCUT2D eigenvalue weighted by molar-refractivity contribution is 5.97. The van der Waals surface area contributed by atoms with E-state index < -0.39 is 0 Å². The average Bonchev–Trinajstić information content (AvgIpc) is 3.53. The quantitative estimate of drug-likeness (QED) is 0.543. The van der Waals surface area contributed by atoms with Crippen LogP contribution in [0.1, 0.15) is 73.1 Å². The second-order valence-corrected chi connectivity index (χ2v) is 10.8. The number of amides is 1. The molecule has 9 heteroatoms. The number of aromatic nitrogens is 3. The largest absolute Gasteiger partial charge is 0.493 e. The number of anilines is 2. The lowest BCUT2D eigenvalue weighted by Gasteiger charge is -2.27. The van der Waals surface area contributed by atoms with Crippen molar-refractivity contribution in [2.75, 3.05) is 50.1 Å². The number of nitrogens with zero attached hydrogens (tertiary/aromatic N) is 6. The van der Waals surface area contributed by atoms with Crippen molar-refractivity contribution in [3.05, 3.63) is 47.2 Å². The molecule has 1 fully saturated rings. The maximum Gasteiger partial charge on any atom is 0.257 e. The molecule has 9 nitrogen and oxygen atoms in total. The molecule has 2 bridgehead atoms. The number of ether oxygens (including phenoxy) is 1. The van der Waals surface area contributed by atoms with Crippen molar-refractivity contribution in [3.63, 3.8) is 0 Å². The van der Waals surface area contributed by atoms with Crippen molar-refractivity contribution < 1.29 is 9.53 Å². The molecule has 0 spiro atoms. The van der Waals surface area contributed by atoms with Gasteiger partial charge in [0, 0.05) is 51.9 Å². The summed E-state index contributed by atoms with van der Waals surface area (Å²) in [6.07, 6.45) is 5.92. The van der Waals surface area contributed by atoms with Gasteiger partial charge in [-0.1, -0.05) is 31.4 Å². The summed E-state index contributed by atoms with van der Waals surface area (Å²) in [6.45, 7) is 7.34. The van der Waals surface area contributed by atoms with Crippen LogP contribution < -0.4 is 20.3 Å². The summed E-state index contributed by atoms with van der Waals surface area (Å²) in [5.41, 5.74) is 9.48. The Morgan fingerprint density at radius 3 is 2.66 bits per heavy atom. The third-order valence-electron chi connectivity index (χ3n) is 7.88. The average molecular weight is 520 g/mol. The van der Waals surface area contributed by atoms with Gasteiger partial charge in [0.2, 0.25) is 0 Å². The van der Waals surface area contributed by atoms with E-state index in [0.717, 1.165) is 86.7 Å². The Labute approximate surface area is 225 Å². The van der Waals surface area contributed by atoms with E-state index in [9.17, 15) is 4.79 Å². The normalized spacial score (nSPS) is 21.6. The van der Waals surface area contributed by atoms with Crippen LogP contribution >= 0.6 is 0 Å². The fraction of sp³-hybridized carbons (Fsp3) is 0.552. The zero-order valence-electron chi connectivity index (χ0n) is 23.2. The lowest BCUT2D eigenvalue weighted by molar-refractivity contribution is 0.0718. The van der Waals surface area contributed by atoms with Crippen molar-refractivity contribution in [2.45, 2.75) is 64.5 Å². The molecule has 3 aromatic rings. The minimum atomic E-state index is -0.199. The Morgan fingerprint density at radius 2 is 1.89 bits per heavy atom. The van der Waals surface area contributed by atoms with Crippen LogP contribution in [0.2, 0.25) is 0 Å². The first kappa shape index (κ1) is 26.3. The highest BCUT2D eigenvalue weighted by Gasteiger charge is 2.28. The molecule has 204 valence electrons. The van der Waals surface area contributed by atoms with Gasteiger partial charge in [-0.2, -0.15) is 9.61 Å². The van der Waals surface area contributed by atoms with Crippen LogP contribution in [0.25, 0.3) is 5.65 Å². The molecule has 1 saturated heterocycles. The Hall–Kier alpha value is -3.33. The van der Waals surface area contributed by atoms with Gasteiger partial charge >= 0.3 is 0 Å². The highest BCUT2D eigenvalue weighted by Crippen LogP contribution is 2.31. The molecule has 1 amide bonds. The number of nitrogens with two attached hydrogens (primary N) is 1. The van der Waals surface area contributed by atoms with Gasteiger partial charge in [0.05, 0.1) is 23.9 Å². The van der Waals surface area contributed by atoms with E-state index in [-0.39, 0.29) is 18.0 Å². The predicted molar refractivity (Wildman–Crippen MR) is 151 cm³/mol. The Balaban J connectivity index is 1.58. The Bertz CT molecular complexity index is 1290. The lowest BCUT2D eigenvalue weighted by Crippen LogP contribution is -2.31. The van der Waals surface area contributed by atoms with Crippen molar-refractivity contribution >= 4 is 23.2 Å². The summed E-state index contributed by atoms with van der Waals surface area (Å²) in [5.74, 6) is 2.54. The third kappa shape index (κ3) is 5.29. The van der Waals surface area contributed by atoms with Gasteiger partial charge in [0.15, 0.2) is 5.65 Å². The minimum absolute atomic E-state index is 0.0611. The lowest BCUT2D eigenvalue weighted by atomic mass is 10.1. The van der Waals surface area contributed by atoms with Crippen LogP contribution in [-0.2, 0) is 0 Å². The fourth-order valence-corrected chi connectivity index (χ4v) is 5.61. The molecule has 0 saturated carbocycles. The summed E-state index contributed by atoms with van der Waals surface area (Å²) in [4.78, 5) is 25.1. The molecule has 2 aromatic heterocycles. The molecule has 2 atom stereocenters. The Morgan fingerprint density at radius 1 is 1.08 bits per heavy atom. The van der Waals surface area contributed by atoms with Crippen LogP contribution in [0.15, 0.2) is 30.3 Å². The second-order valence-electron chi connectivity index (χ2n) is 10.8. The highest BCUT2D eigenvalue weighted by atomic mass is 16.5. The fourth-order valence-electron chi connectivity index (χ4n) is 5.61. The summed E-state index contributed by atoms with van der Waals surface area (Å²) in [7, 11) is 3.98. The number of carbonyl (C=O) groups is 1. The maximum atomic E-state index is 13.8. The van der Waals surface area contributed by atoms with Crippen molar-refractivity contribution in [2.24, 2.45) is 5.73 Å². The number of carbonyl (C=O) groups excluding carboxylic acids is 1. The van der Waals surface area contributed by atoms with Crippen LogP contribution in [-0.4, -0.2) is 71.8 Å². The van der Waals surface area contributed by atoms with Gasteiger partial charge in [-0.05, 0) is 44.7 Å². The van der Waals surface area contributed by atoms with Gasteiger partial charge in [-0.15, -0.1) is 0 Å². The van der Waals surface area contributed by atoms with Crippen LogP contribution in [0.3, 0.4) is 0 Å². The van der Waals surface area contributed by atoms with E-state index in [0.29, 0.717) is 17.9 Å². The van der Waals surface area contributed by atoms with Gasteiger partial charge in [0.25, 0.3) is 5.91 Å². The van der Waals surface area contributed by atoms with E-state index in [1.807, 2.05) is 42.8 Å². The van der Waals surface area contributed by atoms with E-state index >= 15 is 0 Å². The molecule has 1 aromatic carbocycles. The smallest absolute Gasteiger partial charge is 0.257 e. The van der Waals surface area contributed by atoms with Crippen LogP contribution in [0.5, 0.6) is 5.75 Å². The van der Waals surface area contributed by atoms with Gasteiger partial charge < -0.3 is 25.2 Å². The van der Waals surface area contributed by atoms with E-state index in [1.54, 1.807) is 4.90 Å². The van der Waals surface area contributed by atoms with Crippen LogP contribution in [0, 0.1) is 6.92 Å². The molecule has 38 heavy (non-hydrogen) atoms. The molecule has 2 aliphatic rings. The van der Waals surface area contributed by atoms with Crippen molar-refractivity contribution in [1.29, 1.82) is 0 Å². The summed E-state index contributed by atoms with van der Waals surface area (Å²) in [6, 6.07) is 10.0. The number of hydrogen-bond acceptors (Lipinski definition) is 7. The number of benzene rings is 1.